The van der Waals surface area contributed by atoms with Gasteiger partial charge in [-0.25, -0.2) is 0 Å². The molecular formula is C15H20O. The van der Waals surface area contributed by atoms with E-state index >= 15 is 0 Å². The first-order chi connectivity index (χ1) is 7.74. The normalized spacial score (nSPS) is 15.1. The third-order valence-electron chi connectivity index (χ3n) is 3.46. The quantitative estimate of drug-likeness (QED) is 0.684. The van der Waals surface area contributed by atoms with Gasteiger partial charge in [0.05, 0.1) is 0 Å². The summed E-state index contributed by atoms with van der Waals surface area (Å²) in [5.41, 5.74) is 3.63. The second-order valence-corrected chi connectivity index (χ2v) is 4.76. The molecule has 1 saturated carbocycles. The Morgan fingerprint density at radius 3 is 2.44 bits per heavy atom. The van der Waals surface area contributed by atoms with Crippen LogP contribution in [-0.2, 0) is 12.8 Å². The molecule has 1 aromatic carbocycles. The molecule has 1 aliphatic carbocycles. The SMILES string of the molecule is CCc1ccc(C(=O)CC2CC2)cc1CC. The Balaban J connectivity index is 2.17. The highest BCUT2D eigenvalue weighted by molar-refractivity contribution is 5.96. The molecule has 0 atom stereocenters. The van der Waals surface area contributed by atoms with Crippen molar-refractivity contribution in [2.75, 3.05) is 0 Å². The Morgan fingerprint density at radius 1 is 1.19 bits per heavy atom. The Bertz CT molecular complexity index is 388. The minimum absolute atomic E-state index is 0.333. The smallest absolute Gasteiger partial charge is 0.163 e. The number of Topliss-reactive ketones (excluding diaryl/α,β-unsaturated/α-hetero) is 1. The minimum atomic E-state index is 0.333. The minimum Gasteiger partial charge on any atom is -0.294 e. The van der Waals surface area contributed by atoms with Crippen LogP contribution in [0.1, 0.15) is 54.6 Å². The van der Waals surface area contributed by atoms with Gasteiger partial charge in [0, 0.05) is 12.0 Å². The van der Waals surface area contributed by atoms with Crippen LogP contribution in [0.5, 0.6) is 0 Å². The van der Waals surface area contributed by atoms with E-state index in [-0.39, 0.29) is 0 Å². The second-order valence-electron chi connectivity index (χ2n) is 4.76. The zero-order valence-corrected chi connectivity index (χ0v) is 10.3. The lowest BCUT2D eigenvalue weighted by atomic mass is 9.97. The van der Waals surface area contributed by atoms with E-state index in [1.807, 2.05) is 6.07 Å². The lowest BCUT2D eigenvalue weighted by Gasteiger charge is -2.08. The molecule has 86 valence electrons. The summed E-state index contributed by atoms with van der Waals surface area (Å²) < 4.78 is 0. The number of benzene rings is 1. The maximum Gasteiger partial charge on any atom is 0.163 e. The molecule has 0 aliphatic heterocycles. The van der Waals surface area contributed by atoms with Crippen LogP contribution < -0.4 is 0 Å². The molecule has 0 bridgehead atoms. The molecule has 1 nitrogen and oxygen atoms in total. The monoisotopic (exact) mass is 216 g/mol. The molecule has 1 aliphatic rings. The number of carbonyl (C=O) groups excluding carboxylic acids is 1. The maximum absolute atomic E-state index is 12.0. The van der Waals surface area contributed by atoms with Gasteiger partial charge in [-0.3, -0.25) is 4.79 Å². The Morgan fingerprint density at radius 2 is 1.88 bits per heavy atom. The Hall–Kier alpha value is -1.11. The van der Waals surface area contributed by atoms with Crippen molar-refractivity contribution >= 4 is 5.78 Å². The molecular weight excluding hydrogens is 196 g/mol. The van der Waals surface area contributed by atoms with Gasteiger partial charge in [-0.15, -0.1) is 0 Å². The first-order valence-electron chi connectivity index (χ1n) is 6.39. The van der Waals surface area contributed by atoms with Gasteiger partial charge in [0.25, 0.3) is 0 Å². The standard InChI is InChI=1S/C15H20O/c1-3-12-7-8-14(10-13(12)4-2)15(16)9-11-5-6-11/h7-8,10-11H,3-6,9H2,1-2H3. The van der Waals surface area contributed by atoms with Crippen LogP contribution in [0.15, 0.2) is 18.2 Å². The largest absolute Gasteiger partial charge is 0.294 e. The molecule has 0 aromatic heterocycles. The highest BCUT2D eigenvalue weighted by Crippen LogP contribution is 2.33. The van der Waals surface area contributed by atoms with Crippen molar-refractivity contribution in [1.82, 2.24) is 0 Å². The van der Waals surface area contributed by atoms with E-state index in [0.717, 1.165) is 24.8 Å². The molecule has 16 heavy (non-hydrogen) atoms. The molecule has 0 amide bonds. The number of aryl methyl sites for hydroxylation is 2. The molecule has 0 heterocycles. The van der Waals surface area contributed by atoms with Crippen LogP contribution in [0.4, 0.5) is 0 Å². The predicted molar refractivity (Wildman–Crippen MR) is 66.9 cm³/mol. The number of rotatable bonds is 5. The third kappa shape index (κ3) is 2.52. The highest BCUT2D eigenvalue weighted by atomic mass is 16.1. The summed E-state index contributed by atoms with van der Waals surface area (Å²) in [5, 5.41) is 0. The van der Waals surface area contributed by atoms with Gasteiger partial charge in [0.15, 0.2) is 5.78 Å². The van der Waals surface area contributed by atoms with Crippen LogP contribution in [0, 0.1) is 5.92 Å². The molecule has 0 spiro atoms. The first kappa shape index (κ1) is 11.4. The molecule has 0 unspecified atom stereocenters. The van der Waals surface area contributed by atoms with Crippen molar-refractivity contribution in [3.8, 4) is 0 Å². The van der Waals surface area contributed by atoms with Crippen molar-refractivity contribution in [3.05, 3.63) is 34.9 Å². The Kier molecular flexibility index (Phi) is 3.42. The van der Waals surface area contributed by atoms with Gasteiger partial charge in [-0.1, -0.05) is 26.0 Å². The van der Waals surface area contributed by atoms with Gasteiger partial charge in [0.2, 0.25) is 0 Å². The van der Waals surface area contributed by atoms with Crippen molar-refractivity contribution in [1.29, 1.82) is 0 Å². The summed E-state index contributed by atoms with van der Waals surface area (Å²) in [7, 11) is 0. The lowest BCUT2D eigenvalue weighted by Crippen LogP contribution is -2.02. The van der Waals surface area contributed by atoms with Gasteiger partial charge >= 0.3 is 0 Å². The van der Waals surface area contributed by atoms with Crippen molar-refractivity contribution in [2.45, 2.75) is 46.0 Å². The molecule has 0 radical (unpaired) electrons. The van der Waals surface area contributed by atoms with Gasteiger partial charge in [-0.05, 0) is 48.8 Å². The summed E-state index contributed by atoms with van der Waals surface area (Å²) in [5.74, 6) is 1.02. The van der Waals surface area contributed by atoms with Crippen LogP contribution >= 0.6 is 0 Å². The van der Waals surface area contributed by atoms with E-state index in [9.17, 15) is 4.79 Å². The van der Waals surface area contributed by atoms with Crippen LogP contribution in [-0.4, -0.2) is 5.78 Å². The summed E-state index contributed by atoms with van der Waals surface area (Å²) in [6.07, 6.45) is 5.33. The summed E-state index contributed by atoms with van der Waals surface area (Å²) in [4.78, 5) is 12.0. The van der Waals surface area contributed by atoms with E-state index in [2.05, 4.69) is 26.0 Å². The zero-order valence-electron chi connectivity index (χ0n) is 10.3. The topological polar surface area (TPSA) is 17.1 Å². The summed E-state index contributed by atoms with van der Waals surface area (Å²) >= 11 is 0. The van der Waals surface area contributed by atoms with E-state index in [1.54, 1.807) is 0 Å². The molecule has 0 saturated heterocycles. The number of ketones is 1. The fourth-order valence-electron chi connectivity index (χ4n) is 2.18. The van der Waals surface area contributed by atoms with Gasteiger partial charge < -0.3 is 0 Å². The average molecular weight is 216 g/mol. The van der Waals surface area contributed by atoms with E-state index < -0.39 is 0 Å². The van der Waals surface area contributed by atoms with Crippen molar-refractivity contribution in [2.24, 2.45) is 5.92 Å². The zero-order chi connectivity index (χ0) is 11.5. The predicted octanol–water partition coefficient (Wildman–Crippen LogP) is 3.79. The summed E-state index contributed by atoms with van der Waals surface area (Å²) in [6, 6.07) is 6.23. The number of carbonyl (C=O) groups is 1. The molecule has 0 N–H and O–H groups in total. The van der Waals surface area contributed by atoms with Crippen molar-refractivity contribution < 1.29 is 4.79 Å². The van der Waals surface area contributed by atoms with Gasteiger partial charge in [0.1, 0.15) is 0 Å². The molecule has 1 fully saturated rings. The second kappa shape index (κ2) is 4.82. The molecule has 1 heteroatoms. The van der Waals surface area contributed by atoms with Crippen LogP contribution in [0.25, 0.3) is 0 Å². The van der Waals surface area contributed by atoms with E-state index in [1.165, 1.54) is 24.0 Å². The maximum atomic E-state index is 12.0. The molecule has 1 aromatic rings. The van der Waals surface area contributed by atoms with Crippen molar-refractivity contribution in [3.63, 3.8) is 0 Å². The fraction of sp³-hybridized carbons (Fsp3) is 0.533. The fourth-order valence-corrected chi connectivity index (χ4v) is 2.18. The number of hydrogen-bond acceptors (Lipinski definition) is 1. The highest BCUT2D eigenvalue weighted by Gasteiger charge is 2.24. The van der Waals surface area contributed by atoms with E-state index in [4.69, 9.17) is 0 Å². The first-order valence-corrected chi connectivity index (χ1v) is 6.39. The summed E-state index contributed by atoms with van der Waals surface area (Å²) in [6.45, 7) is 4.32. The number of hydrogen-bond donors (Lipinski definition) is 0. The average Bonchev–Trinajstić information content (AvgIpc) is 3.11. The Labute approximate surface area is 97.9 Å². The lowest BCUT2D eigenvalue weighted by molar-refractivity contribution is 0.0976. The van der Waals surface area contributed by atoms with Gasteiger partial charge in [-0.2, -0.15) is 0 Å². The van der Waals surface area contributed by atoms with E-state index in [0.29, 0.717) is 11.7 Å². The van der Waals surface area contributed by atoms with Crippen LogP contribution in [0.2, 0.25) is 0 Å². The van der Waals surface area contributed by atoms with Crippen LogP contribution in [0.3, 0.4) is 0 Å². The molecule has 2 rings (SSSR count). The third-order valence-corrected chi connectivity index (χ3v) is 3.46.